The topological polar surface area (TPSA) is 77.3 Å². The minimum absolute atomic E-state index is 0.0942. The minimum atomic E-state index is -0.503. The monoisotopic (exact) mass is 279 g/mol. The lowest BCUT2D eigenvalue weighted by Gasteiger charge is -2.06. The van der Waals surface area contributed by atoms with Crippen molar-refractivity contribution in [1.82, 2.24) is 4.98 Å². The summed E-state index contributed by atoms with van der Waals surface area (Å²) in [5.74, 6) is 0.999. The van der Waals surface area contributed by atoms with Gasteiger partial charge in [-0.15, -0.1) is 0 Å². The van der Waals surface area contributed by atoms with Gasteiger partial charge in [-0.25, -0.2) is 0 Å². The van der Waals surface area contributed by atoms with E-state index in [1.807, 2.05) is 0 Å². The Kier molecular flexibility index (Phi) is 3.82. The predicted octanol–water partition coefficient (Wildman–Crippen LogP) is 3.48. The van der Waals surface area contributed by atoms with Gasteiger partial charge in [0, 0.05) is 12.1 Å². The fourth-order valence-corrected chi connectivity index (χ4v) is 1.53. The molecule has 0 atom stereocenters. The quantitative estimate of drug-likeness (QED) is 0.685. The third-order valence-corrected chi connectivity index (χ3v) is 2.54. The van der Waals surface area contributed by atoms with E-state index in [1.165, 1.54) is 12.1 Å². The fraction of sp³-hybridized carbons (Fsp3) is 0.0833. The van der Waals surface area contributed by atoms with Crippen molar-refractivity contribution in [3.05, 3.63) is 51.5 Å². The van der Waals surface area contributed by atoms with Crippen LogP contribution in [-0.2, 0) is 0 Å². The molecule has 6 nitrogen and oxygen atoms in total. The number of nitrogens with zero attached hydrogens (tertiary/aromatic N) is 2. The molecule has 0 saturated heterocycles. The van der Waals surface area contributed by atoms with Gasteiger partial charge in [-0.05, 0) is 24.3 Å². The second-order valence-electron chi connectivity index (χ2n) is 3.61. The molecule has 1 aromatic carbocycles. The highest BCUT2D eigenvalue weighted by atomic mass is 35.5. The van der Waals surface area contributed by atoms with Gasteiger partial charge < -0.3 is 10.1 Å². The summed E-state index contributed by atoms with van der Waals surface area (Å²) in [6.07, 6.45) is 0. The first-order chi connectivity index (χ1) is 9.08. The Morgan fingerprint density at radius 2 is 2.00 bits per heavy atom. The van der Waals surface area contributed by atoms with E-state index >= 15 is 0 Å². The number of pyridine rings is 1. The molecule has 0 fully saturated rings. The maximum atomic E-state index is 10.8. The van der Waals surface area contributed by atoms with Crippen LogP contribution in [0.5, 0.6) is 11.6 Å². The summed E-state index contributed by atoms with van der Waals surface area (Å²) in [6, 6.07) is 9.22. The van der Waals surface area contributed by atoms with Crippen molar-refractivity contribution in [3.8, 4) is 11.6 Å². The maximum absolute atomic E-state index is 10.8. The summed E-state index contributed by atoms with van der Waals surface area (Å²) in [7, 11) is 1.62. The van der Waals surface area contributed by atoms with Gasteiger partial charge in [0.25, 0.3) is 5.69 Å². The molecule has 0 unspecified atom stereocenters. The summed E-state index contributed by atoms with van der Waals surface area (Å²) >= 11 is 5.76. The molecule has 0 aliphatic rings. The third kappa shape index (κ3) is 3.32. The highest BCUT2D eigenvalue weighted by Crippen LogP contribution is 2.26. The molecule has 0 saturated carbocycles. The molecular formula is C12H10ClN3O3. The molecule has 0 aliphatic carbocycles. The van der Waals surface area contributed by atoms with Crippen molar-refractivity contribution in [2.24, 2.45) is 0 Å². The molecule has 1 N–H and O–H groups in total. The van der Waals surface area contributed by atoms with Crippen LogP contribution in [0.3, 0.4) is 0 Å². The number of halogens is 1. The Hall–Kier alpha value is -2.34. The highest BCUT2D eigenvalue weighted by Gasteiger charge is 2.12. The van der Waals surface area contributed by atoms with Crippen LogP contribution in [0.25, 0.3) is 0 Å². The van der Waals surface area contributed by atoms with Gasteiger partial charge in [-0.3, -0.25) is 10.1 Å². The lowest BCUT2D eigenvalue weighted by Crippen LogP contribution is -1.98. The lowest BCUT2D eigenvalue weighted by atomic mass is 10.3. The van der Waals surface area contributed by atoms with Crippen LogP contribution in [0.2, 0.25) is 5.02 Å². The number of benzene rings is 1. The number of nitrogens with one attached hydrogen (secondary N) is 1. The van der Waals surface area contributed by atoms with E-state index in [9.17, 15) is 10.1 Å². The van der Waals surface area contributed by atoms with E-state index in [4.69, 9.17) is 16.3 Å². The molecule has 0 spiro atoms. The average molecular weight is 280 g/mol. The van der Waals surface area contributed by atoms with E-state index in [-0.39, 0.29) is 11.6 Å². The zero-order chi connectivity index (χ0) is 13.8. The summed E-state index contributed by atoms with van der Waals surface area (Å²) < 4.78 is 5.45. The maximum Gasteiger partial charge on any atom is 0.278 e. The Morgan fingerprint density at radius 3 is 2.58 bits per heavy atom. The van der Waals surface area contributed by atoms with E-state index in [0.29, 0.717) is 16.6 Å². The lowest BCUT2D eigenvalue weighted by molar-refractivity contribution is -0.384. The van der Waals surface area contributed by atoms with Crippen LogP contribution in [-0.4, -0.2) is 17.0 Å². The Bertz CT molecular complexity index is 602. The number of rotatable bonds is 4. The Balaban J connectivity index is 2.31. The van der Waals surface area contributed by atoms with Crippen molar-refractivity contribution in [1.29, 1.82) is 0 Å². The molecule has 1 heterocycles. The van der Waals surface area contributed by atoms with Gasteiger partial charge in [-0.2, -0.15) is 4.98 Å². The number of hydrogen-bond acceptors (Lipinski definition) is 5. The molecule has 19 heavy (non-hydrogen) atoms. The predicted molar refractivity (Wildman–Crippen MR) is 72.0 cm³/mol. The van der Waals surface area contributed by atoms with Gasteiger partial charge in [0.2, 0.25) is 5.88 Å². The first-order valence-electron chi connectivity index (χ1n) is 5.36. The largest absolute Gasteiger partial charge is 0.439 e. The molecule has 2 rings (SSSR count). The van der Waals surface area contributed by atoms with Crippen LogP contribution in [0, 0.1) is 10.1 Å². The summed E-state index contributed by atoms with van der Waals surface area (Å²) in [5, 5.41) is 14.1. The van der Waals surface area contributed by atoms with Crippen LogP contribution in [0.4, 0.5) is 11.5 Å². The molecule has 0 bridgehead atoms. The first kappa shape index (κ1) is 13.1. The highest BCUT2D eigenvalue weighted by molar-refractivity contribution is 6.30. The molecule has 0 radical (unpaired) electrons. The van der Waals surface area contributed by atoms with Crippen molar-refractivity contribution in [3.63, 3.8) is 0 Å². The van der Waals surface area contributed by atoms with E-state index < -0.39 is 4.92 Å². The molecular weight excluding hydrogens is 270 g/mol. The van der Waals surface area contributed by atoms with Crippen LogP contribution in [0.1, 0.15) is 0 Å². The Morgan fingerprint density at radius 1 is 1.32 bits per heavy atom. The molecule has 98 valence electrons. The molecule has 2 aromatic rings. The van der Waals surface area contributed by atoms with Gasteiger partial charge in [0.05, 0.1) is 17.1 Å². The number of nitro groups is 1. The number of anilines is 1. The number of hydrogen-bond donors (Lipinski definition) is 1. The van der Waals surface area contributed by atoms with Crippen LogP contribution >= 0.6 is 11.6 Å². The minimum Gasteiger partial charge on any atom is -0.439 e. The van der Waals surface area contributed by atoms with E-state index in [0.717, 1.165) is 0 Å². The van der Waals surface area contributed by atoms with Crippen molar-refractivity contribution in [2.75, 3.05) is 12.4 Å². The summed E-state index contributed by atoms with van der Waals surface area (Å²) in [5.41, 5.74) is -0.0942. The van der Waals surface area contributed by atoms with E-state index in [2.05, 4.69) is 10.3 Å². The molecule has 1 aromatic heterocycles. The smallest absolute Gasteiger partial charge is 0.278 e. The zero-order valence-corrected chi connectivity index (χ0v) is 10.7. The average Bonchev–Trinajstić information content (AvgIpc) is 2.41. The molecule has 0 amide bonds. The van der Waals surface area contributed by atoms with Crippen molar-refractivity contribution >= 4 is 23.1 Å². The standard InChI is InChI=1S/C12H10ClN3O3/c1-14-11-6-9(16(17)18)7-12(15-11)19-10-4-2-8(13)3-5-10/h2-7H,1H3,(H,14,15). The number of ether oxygens (including phenoxy) is 1. The van der Waals surface area contributed by atoms with Crippen molar-refractivity contribution < 1.29 is 9.66 Å². The zero-order valence-electron chi connectivity index (χ0n) is 9.96. The number of aromatic nitrogens is 1. The van der Waals surface area contributed by atoms with Crippen molar-refractivity contribution in [2.45, 2.75) is 0 Å². The molecule has 7 heteroatoms. The normalized spacial score (nSPS) is 10.0. The van der Waals surface area contributed by atoms with E-state index in [1.54, 1.807) is 31.3 Å². The SMILES string of the molecule is CNc1cc([N+](=O)[O-])cc(Oc2ccc(Cl)cc2)n1. The summed E-state index contributed by atoms with van der Waals surface area (Å²) in [4.78, 5) is 14.4. The first-order valence-corrected chi connectivity index (χ1v) is 5.74. The summed E-state index contributed by atoms with van der Waals surface area (Å²) in [6.45, 7) is 0. The van der Waals surface area contributed by atoms with Gasteiger partial charge in [-0.1, -0.05) is 11.6 Å². The van der Waals surface area contributed by atoms with Crippen LogP contribution < -0.4 is 10.1 Å². The van der Waals surface area contributed by atoms with Gasteiger partial charge >= 0.3 is 0 Å². The van der Waals surface area contributed by atoms with Gasteiger partial charge in [0.15, 0.2) is 0 Å². The van der Waals surface area contributed by atoms with Gasteiger partial charge in [0.1, 0.15) is 11.6 Å². The second-order valence-corrected chi connectivity index (χ2v) is 4.05. The molecule has 0 aliphatic heterocycles. The Labute approximate surface area is 114 Å². The second kappa shape index (κ2) is 5.53. The third-order valence-electron chi connectivity index (χ3n) is 2.29. The van der Waals surface area contributed by atoms with Crippen LogP contribution in [0.15, 0.2) is 36.4 Å². The fourth-order valence-electron chi connectivity index (χ4n) is 1.40.